The average molecular weight is 471 g/mol. The number of carbonyl (C=O) groups is 2. The lowest BCUT2D eigenvalue weighted by Crippen LogP contribution is -2.61. The van der Waals surface area contributed by atoms with Crippen molar-refractivity contribution in [3.05, 3.63) is 23.3 Å². The van der Waals surface area contributed by atoms with Gasteiger partial charge in [-0.1, -0.05) is 58.8 Å². The minimum atomic E-state index is -0.977. The van der Waals surface area contributed by atoms with Crippen molar-refractivity contribution >= 4 is 11.6 Å². The fourth-order valence-electron chi connectivity index (χ4n) is 9.40. The first kappa shape index (κ1) is 25.8. The first-order chi connectivity index (χ1) is 15.6. The van der Waals surface area contributed by atoms with Crippen LogP contribution in [0, 0.1) is 45.3 Å². The topological polar surface area (TPSA) is 74.6 Å². The van der Waals surface area contributed by atoms with E-state index in [1.54, 1.807) is 6.08 Å². The van der Waals surface area contributed by atoms with Gasteiger partial charge in [-0.2, -0.15) is 0 Å². The number of aliphatic hydroxyl groups is 2. The van der Waals surface area contributed by atoms with Gasteiger partial charge in [0.1, 0.15) is 11.9 Å². The van der Waals surface area contributed by atoms with E-state index in [4.69, 9.17) is 0 Å². The van der Waals surface area contributed by atoms with E-state index >= 15 is 0 Å². The number of aliphatic hydroxyl groups excluding tert-OH is 2. The van der Waals surface area contributed by atoms with Crippen molar-refractivity contribution in [2.24, 2.45) is 45.3 Å². The summed E-state index contributed by atoms with van der Waals surface area (Å²) in [6, 6.07) is 0. The monoisotopic (exact) mass is 470 g/mol. The fourth-order valence-corrected chi connectivity index (χ4v) is 9.40. The summed E-state index contributed by atoms with van der Waals surface area (Å²) in [6.07, 6.45) is 7.65. The summed E-state index contributed by atoms with van der Waals surface area (Å²) in [5.41, 5.74) is 1.58. The number of fused-ring (bicyclic) bond motifs is 5. The molecule has 0 heterocycles. The highest BCUT2D eigenvalue weighted by atomic mass is 16.3. The zero-order valence-electron chi connectivity index (χ0n) is 22.6. The summed E-state index contributed by atoms with van der Waals surface area (Å²) in [7, 11) is 0. The van der Waals surface area contributed by atoms with Crippen LogP contribution in [-0.2, 0) is 9.59 Å². The number of ketones is 2. The molecule has 2 N–H and O–H groups in total. The second-order valence-electron chi connectivity index (χ2n) is 13.7. The van der Waals surface area contributed by atoms with Gasteiger partial charge in [0, 0.05) is 17.8 Å². The van der Waals surface area contributed by atoms with Crippen molar-refractivity contribution in [2.75, 3.05) is 0 Å². The lowest BCUT2D eigenvalue weighted by molar-refractivity contribution is -0.157. The van der Waals surface area contributed by atoms with Crippen molar-refractivity contribution in [1.29, 1.82) is 0 Å². The van der Waals surface area contributed by atoms with Gasteiger partial charge >= 0.3 is 0 Å². The van der Waals surface area contributed by atoms with Crippen molar-refractivity contribution in [1.82, 2.24) is 0 Å². The minimum Gasteiger partial charge on any atom is -0.389 e. The van der Waals surface area contributed by atoms with E-state index in [9.17, 15) is 19.8 Å². The molecule has 4 aliphatic rings. The molecule has 0 aromatic carbocycles. The SMILES string of the molecule is CC(C)=CC(=O)C(O)C(C)C1CCC2(C)C3=CC(O)C4C(C)(C)C(=O)CCC4(C)C3CCC12C. The number of hydrogen-bond donors (Lipinski definition) is 2. The molecule has 0 saturated heterocycles. The molecule has 0 aromatic rings. The lowest BCUT2D eigenvalue weighted by Gasteiger charge is -2.64. The van der Waals surface area contributed by atoms with Crippen molar-refractivity contribution in [2.45, 2.75) is 106 Å². The molecule has 3 saturated carbocycles. The van der Waals surface area contributed by atoms with E-state index < -0.39 is 17.6 Å². The summed E-state index contributed by atoms with van der Waals surface area (Å²) in [4.78, 5) is 25.5. The average Bonchev–Trinajstić information content (AvgIpc) is 3.01. The summed E-state index contributed by atoms with van der Waals surface area (Å²) in [5, 5.41) is 22.4. The first-order valence-electron chi connectivity index (χ1n) is 13.4. The first-order valence-corrected chi connectivity index (χ1v) is 13.4. The number of Topliss-reactive ketones (excluding diaryl/α,β-unsaturated/α-hetero) is 1. The Morgan fingerprint density at radius 3 is 2.35 bits per heavy atom. The molecule has 34 heavy (non-hydrogen) atoms. The maximum absolute atomic E-state index is 12.8. The molecule has 9 atom stereocenters. The molecule has 9 unspecified atom stereocenters. The van der Waals surface area contributed by atoms with Crippen LogP contribution >= 0.6 is 0 Å². The van der Waals surface area contributed by atoms with E-state index in [-0.39, 0.29) is 45.6 Å². The molecule has 190 valence electrons. The minimum absolute atomic E-state index is 0.0378. The molecular weight excluding hydrogens is 424 g/mol. The van der Waals surface area contributed by atoms with Gasteiger partial charge in [0.2, 0.25) is 0 Å². The molecule has 4 aliphatic carbocycles. The summed E-state index contributed by atoms with van der Waals surface area (Å²) in [6.45, 7) is 17.0. The Balaban J connectivity index is 1.71. The largest absolute Gasteiger partial charge is 0.389 e. The second-order valence-corrected chi connectivity index (χ2v) is 13.7. The van der Waals surface area contributed by atoms with Crippen molar-refractivity contribution in [3.63, 3.8) is 0 Å². The zero-order valence-corrected chi connectivity index (χ0v) is 22.6. The van der Waals surface area contributed by atoms with Gasteiger partial charge in [0.15, 0.2) is 5.78 Å². The van der Waals surface area contributed by atoms with Crippen LogP contribution in [0.5, 0.6) is 0 Å². The van der Waals surface area contributed by atoms with Gasteiger partial charge in [0.05, 0.1) is 6.10 Å². The molecule has 4 heteroatoms. The van der Waals surface area contributed by atoms with Crippen LogP contribution in [0.4, 0.5) is 0 Å². The molecule has 3 fully saturated rings. The van der Waals surface area contributed by atoms with Crippen molar-refractivity contribution in [3.8, 4) is 0 Å². The van der Waals surface area contributed by atoms with E-state index in [0.717, 1.165) is 37.7 Å². The Hall–Kier alpha value is -1.26. The smallest absolute Gasteiger partial charge is 0.184 e. The van der Waals surface area contributed by atoms with E-state index in [1.165, 1.54) is 5.57 Å². The van der Waals surface area contributed by atoms with Gasteiger partial charge in [-0.05, 0) is 86.0 Å². The van der Waals surface area contributed by atoms with Crippen LogP contribution in [0.25, 0.3) is 0 Å². The third kappa shape index (κ3) is 3.38. The Morgan fingerprint density at radius 1 is 1.09 bits per heavy atom. The van der Waals surface area contributed by atoms with Gasteiger partial charge in [-0.3, -0.25) is 9.59 Å². The molecule has 0 aliphatic heterocycles. The fraction of sp³-hybridized carbons (Fsp3) is 0.800. The molecule has 4 rings (SSSR count). The Morgan fingerprint density at radius 2 is 1.74 bits per heavy atom. The molecule has 0 radical (unpaired) electrons. The molecule has 4 nitrogen and oxygen atoms in total. The maximum Gasteiger partial charge on any atom is 0.184 e. The van der Waals surface area contributed by atoms with Gasteiger partial charge < -0.3 is 10.2 Å². The van der Waals surface area contributed by atoms with Gasteiger partial charge in [-0.15, -0.1) is 0 Å². The van der Waals surface area contributed by atoms with Crippen LogP contribution < -0.4 is 0 Å². The zero-order chi connectivity index (χ0) is 25.4. The van der Waals surface area contributed by atoms with Crippen LogP contribution in [-0.4, -0.2) is 34.0 Å². The highest BCUT2D eigenvalue weighted by Crippen LogP contribution is 2.73. The predicted octanol–water partition coefficient (Wildman–Crippen LogP) is 5.66. The Kier molecular flexibility index (Phi) is 6.17. The second kappa shape index (κ2) is 8.13. The van der Waals surface area contributed by atoms with Gasteiger partial charge in [0.25, 0.3) is 0 Å². The number of rotatable bonds is 4. The summed E-state index contributed by atoms with van der Waals surface area (Å²) < 4.78 is 0. The third-order valence-corrected chi connectivity index (χ3v) is 11.4. The van der Waals surface area contributed by atoms with Crippen LogP contribution in [0.2, 0.25) is 0 Å². The Labute approximate surface area is 206 Å². The molecule has 0 spiro atoms. The number of allylic oxidation sites excluding steroid dienone is 2. The van der Waals surface area contributed by atoms with Crippen molar-refractivity contribution < 1.29 is 19.8 Å². The normalized spacial score (nSPS) is 44.8. The van der Waals surface area contributed by atoms with E-state index in [1.807, 2.05) is 34.6 Å². The van der Waals surface area contributed by atoms with Crippen LogP contribution in [0.15, 0.2) is 23.3 Å². The number of carbonyl (C=O) groups excluding carboxylic acids is 2. The van der Waals surface area contributed by atoms with E-state index in [0.29, 0.717) is 12.3 Å². The predicted molar refractivity (Wildman–Crippen MR) is 135 cm³/mol. The third-order valence-electron chi connectivity index (χ3n) is 11.4. The Bertz CT molecular complexity index is 939. The van der Waals surface area contributed by atoms with Crippen LogP contribution in [0.1, 0.15) is 93.9 Å². The quantitative estimate of drug-likeness (QED) is 0.410. The molecular formula is C30H46O4. The van der Waals surface area contributed by atoms with Gasteiger partial charge in [-0.25, -0.2) is 0 Å². The molecule has 0 bridgehead atoms. The molecule has 0 aromatic heterocycles. The van der Waals surface area contributed by atoms with E-state index in [2.05, 4.69) is 26.8 Å². The lowest BCUT2D eigenvalue weighted by atomic mass is 9.40. The standard InChI is InChI=1S/C30H46O4/c1-17(2)15-22(31)25(34)18(3)19-9-13-30(8)21-16-23(32)26-27(4,5)24(33)11-12-28(26,6)20(21)10-14-29(19,30)7/h15-16,18-20,23,25-26,32,34H,9-14H2,1-8H3. The highest BCUT2D eigenvalue weighted by Gasteiger charge is 2.67. The number of hydrogen-bond acceptors (Lipinski definition) is 4. The summed E-state index contributed by atoms with van der Waals surface area (Å²) >= 11 is 0. The maximum atomic E-state index is 12.8. The summed E-state index contributed by atoms with van der Waals surface area (Å²) in [5.74, 6) is 0.545. The highest BCUT2D eigenvalue weighted by molar-refractivity contribution is 5.94. The molecule has 0 amide bonds. The van der Waals surface area contributed by atoms with Crippen LogP contribution in [0.3, 0.4) is 0 Å².